The molecule has 1 aromatic heterocycles. The number of piperidine rings is 1. The van der Waals surface area contributed by atoms with Gasteiger partial charge in [-0.2, -0.15) is 4.31 Å². The molecule has 4 rings (SSSR count). The van der Waals surface area contributed by atoms with Crippen LogP contribution in [-0.2, 0) is 14.8 Å². The Labute approximate surface area is 157 Å². The fourth-order valence-electron chi connectivity index (χ4n) is 4.00. The zero-order valence-corrected chi connectivity index (χ0v) is 15.8. The third kappa shape index (κ3) is 3.66. The van der Waals surface area contributed by atoms with Gasteiger partial charge in [0.15, 0.2) is 5.58 Å². The van der Waals surface area contributed by atoms with Crippen molar-refractivity contribution >= 4 is 27.0 Å². The average molecular weight is 393 g/mol. The molecule has 0 unspecified atom stereocenters. The van der Waals surface area contributed by atoms with E-state index in [1.165, 1.54) is 22.5 Å². The number of carbonyl (C=O) groups is 1. The van der Waals surface area contributed by atoms with Gasteiger partial charge in [-0.15, -0.1) is 0 Å². The number of amides is 1. The van der Waals surface area contributed by atoms with E-state index in [0.29, 0.717) is 24.9 Å². The molecular formula is C18H23N3O5S. The van der Waals surface area contributed by atoms with Gasteiger partial charge in [0.25, 0.3) is 0 Å². The molecule has 1 amide bonds. The average Bonchev–Trinajstić information content (AvgIpc) is 3.29. The van der Waals surface area contributed by atoms with Crippen molar-refractivity contribution in [2.24, 2.45) is 5.92 Å². The van der Waals surface area contributed by atoms with Crippen LogP contribution >= 0.6 is 0 Å². The molecule has 1 aliphatic heterocycles. The number of aromatic amines is 1. The van der Waals surface area contributed by atoms with Gasteiger partial charge in [-0.3, -0.25) is 9.78 Å². The smallest absolute Gasteiger partial charge is 0.408 e. The Morgan fingerprint density at radius 2 is 1.96 bits per heavy atom. The van der Waals surface area contributed by atoms with E-state index >= 15 is 0 Å². The van der Waals surface area contributed by atoms with Crippen LogP contribution in [0.3, 0.4) is 0 Å². The highest BCUT2D eigenvalue weighted by Crippen LogP contribution is 2.26. The van der Waals surface area contributed by atoms with Crippen LogP contribution in [0.4, 0.5) is 0 Å². The first-order chi connectivity index (χ1) is 12.9. The molecule has 8 nitrogen and oxygen atoms in total. The van der Waals surface area contributed by atoms with Gasteiger partial charge in [-0.25, -0.2) is 13.2 Å². The minimum atomic E-state index is -3.76. The highest BCUT2D eigenvalue weighted by Gasteiger charge is 2.34. The quantitative estimate of drug-likeness (QED) is 0.819. The molecule has 2 aliphatic rings. The van der Waals surface area contributed by atoms with E-state index in [1.54, 1.807) is 0 Å². The number of sulfonamides is 1. The van der Waals surface area contributed by atoms with Crippen LogP contribution in [0.1, 0.15) is 38.5 Å². The minimum absolute atomic E-state index is 0.0473. The number of carbonyl (C=O) groups excluding carboxylic acids is 1. The summed E-state index contributed by atoms with van der Waals surface area (Å²) >= 11 is 0. The summed E-state index contributed by atoms with van der Waals surface area (Å²) in [6.45, 7) is 0.556. The van der Waals surface area contributed by atoms with Gasteiger partial charge in [0.1, 0.15) is 0 Å². The maximum Gasteiger partial charge on any atom is 0.417 e. The molecule has 27 heavy (non-hydrogen) atoms. The zero-order chi connectivity index (χ0) is 19.0. The highest BCUT2D eigenvalue weighted by atomic mass is 32.2. The molecule has 9 heteroatoms. The Balaban J connectivity index is 1.51. The van der Waals surface area contributed by atoms with E-state index < -0.39 is 15.8 Å². The number of H-pyrrole nitrogens is 1. The molecule has 0 bridgehead atoms. The maximum atomic E-state index is 13.0. The number of hydrogen-bond acceptors (Lipinski definition) is 5. The van der Waals surface area contributed by atoms with Crippen LogP contribution in [0.5, 0.6) is 0 Å². The van der Waals surface area contributed by atoms with Crippen molar-refractivity contribution in [3.63, 3.8) is 0 Å². The van der Waals surface area contributed by atoms with Gasteiger partial charge < -0.3 is 9.73 Å². The van der Waals surface area contributed by atoms with E-state index in [-0.39, 0.29) is 34.9 Å². The summed E-state index contributed by atoms with van der Waals surface area (Å²) in [6.07, 6.45) is 5.60. The van der Waals surface area contributed by atoms with Crippen LogP contribution in [0.2, 0.25) is 0 Å². The molecule has 2 N–H and O–H groups in total. The minimum Gasteiger partial charge on any atom is -0.408 e. The van der Waals surface area contributed by atoms with E-state index in [4.69, 9.17) is 4.42 Å². The van der Waals surface area contributed by atoms with E-state index in [9.17, 15) is 18.0 Å². The maximum absolute atomic E-state index is 13.0. The van der Waals surface area contributed by atoms with Gasteiger partial charge >= 0.3 is 5.76 Å². The molecule has 2 fully saturated rings. The van der Waals surface area contributed by atoms with Gasteiger partial charge in [0.05, 0.1) is 16.3 Å². The van der Waals surface area contributed by atoms with Gasteiger partial charge in [-0.1, -0.05) is 12.8 Å². The zero-order valence-electron chi connectivity index (χ0n) is 14.9. The Hall–Kier alpha value is -2.13. The first-order valence-electron chi connectivity index (χ1n) is 9.37. The van der Waals surface area contributed by atoms with E-state index in [2.05, 4.69) is 10.3 Å². The summed E-state index contributed by atoms with van der Waals surface area (Å²) in [5, 5.41) is 3.07. The standard InChI is InChI=1S/C18H23N3O5S/c22-17(19-13-5-1-2-6-13)12-4-3-9-21(11-12)27(24,25)14-7-8-15-16(10-14)26-18(23)20-15/h7-8,10,12-13H,1-6,9,11H2,(H,19,22)(H,20,23)/t12-/m1/s1. The summed E-state index contributed by atoms with van der Waals surface area (Å²) < 4.78 is 32.4. The largest absolute Gasteiger partial charge is 0.417 e. The Morgan fingerprint density at radius 3 is 2.74 bits per heavy atom. The number of aromatic nitrogens is 1. The number of fused-ring (bicyclic) bond motifs is 1. The lowest BCUT2D eigenvalue weighted by Gasteiger charge is -2.31. The van der Waals surface area contributed by atoms with E-state index in [0.717, 1.165) is 25.7 Å². The Bertz CT molecular complexity index is 1000. The number of benzene rings is 1. The van der Waals surface area contributed by atoms with Gasteiger partial charge in [-0.05, 0) is 37.8 Å². The molecule has 0 radical (unpaired) electrons. The highest BCUT2D eigenvalue weighted by molar-refractivity contribution is 7.89. The first kappa shape index (κ1) is 18.2. The predicted octanol–water partition coefficient (Wildman–Crippen LogP) is 1.58. The van der Waals surface area contributed by atoms with Crippen LogP contribution in [0.15, 0.2) is 32.3 Å². The lowest BCUT2D eigenvalue weighted by atomic mass is 9.98. The summed E-state index contributed by atoms with van der Waals surface area (Å²) in [6, 6.07) is 4.54. The molecule has 0 spiro atoms. The summed E-state index contributed by atoms with van der Waals surface area (Å²) in [5.41, 5.74) is 0.653. The Kier molecular flexibility index (Phi) is 4.81. The molecule has 1 saturated heterocycles. The molecule has 2 aromatic rings. The third-order valence-electron chi connectivity index (χ3n) is 5.49. The number of nitrogens with zero attached hydrogens (tertiary/aromatic N) is 1. The van der Waals surface area contributed by atoms with Gasteiger partial charge in [0, 0.05) is 25.2 Å². The number of nitrogens with one attached hydrogen (secondary N) is 2. The molecular weight excluding hydrogens is 370 g/mol. The Morgan fingerprint density at radius 1 is 1.19 bits per heavy atom. The van der Waals surface area contributed by atoms with Crippen molar-refractivity contribution in [3.05, 3.63) is 28.7 Å². The van der Waals surface area contributed by atoms with Crippen LogP contribution < -0.4 is 11.1 Å². The van der Waals surface area contributed by atoms with Gasteiger partial charge in [0.2, 0.25) is 15.9 Å². The predicted molar refractivity (Wildman–Crippen MR) is 98.7 cm³/mol. The molecule has 1 aliphatic carbocycles. The fraction of sp³-hybridized carbons (Fsp3) is 0.556. The molecule has 1 saturated carbocycles. The van der Waals surface area contributed by atoms with Crippen LogP contribution in [-0.4, -0.2) is 42.7 Å². The van der Waals surface area contributed by atoms with Crippen molar-refractivity contribution in [3.8, 4) is 0 Å². The number of oxazole rings is 1. The topological polar surface area (TPSA) is 112 Å². The lowest BCUT2D eigenvalue weighted by molar-refractivity contribution is -0.126. The molecule has 2 heterocycles. The van der Waals surface area contributed by atoms with E-state index in [1.807, 2.05) is 0 Å². The van der Waals surface area contributed by atoms with Crippen molar-refractivity contribution in [1.29, 1.82) is 0 Å². The van der Waals surface area contributed by atoms with Crippen molar-refractivity contribution < 1.29 is 17.6 Å². The second-order valence-corrected chi connectivity index (χ2v) is 9.30. The first-order valence-corrected chi connectivity index (χ1v) is 10.8. The van der Waals surface area contributed by atoms with Crippen molar-refractivity contribution in [2.75, 3.05) is 13.1 Å². The molecule has 1 atom stereocenters. The summed E-state index contributed by atoms with van der Waals surface area (Å²) in [5.74, 6) is -1.00. The normalized spacial score (nSPS) is 22.3. The SMILES string of the molecule is O=C(NC1CCCC1)[C@@H]1CCCN(S(=O)(=O)c2ccc3[nH]c(=O)oc3c2)C1. The fourth-order valence-corrected chi connectivity index (χ4v) is 5.54. The molecule has 146 valence electrons. The number of hydrogen-bond donors (Lipinski definition) is 2. The second-order valence-electron chi connectivity index (χ2n) is 7.36. The van der Waals surface area contributed by atoms with Crippen molar-refractivity contribution in [2.45, 2.75) is 49.5 Å². The van der Waals surface area contributed by atoms with Crippen LogP contribution in [0, 0.1) is 5.92 Å². The molecule has 1 aromatic carbocycles. The number of rotatable bonds is 4. The lowest BCUT2D eigenvalue weighted by Crippen LogP contribution is -2.47. The third-order valence-corrected chi connectivity index (χ3v) is 7.35. The van der Waals surface area contributed by atoms with Crippen LogP contribution in [0.25, 0.3) is 11.1 Å². The summed E-state index contributed by atoms with van der Waals surface area (Å²) in [7, 11) is -3.76. The second kappa shape index (κ2) is 7.12. The monoisotopic (exact) mass is 393 g/mol. The summed E-state index contributed by atoms with van der Waals surface area (Å²) in [4.78, 5) is 26.4. The van der Waals surface area contributed by atoms with Crippen molar-refractivity contribution in [1.82, 2.24) is 14.6 Å².